The van der Waals surface area contributed by atoms with Gasteiger partial charge in [0.1, 0.15) is 0 Å². The predicted octanol–water partition coefficient (Wildman–Crippen LogP) is 3.42. The van der Waals surface area contributed by atoms with Gasteiger partial charge in [-0.3, -0.25) is 14.9 Å². The molecule has 1 amide bonds. The molecule has 150 valence electrons. The summed E-state index contributed by atoms with van der Waals surface area (Å²) in [5.41, 5.74) is 6.12. The third-order valence-corrected chi connectivity index (χ3v) is 6.11. The van der Waals surface area contributed by atoms with Gasteiger partial charge in [0.15, 0.2) is 12.3 Å². The van der Waals surface area contributed by atoms with E-state index in [4.69, 9.17) is 4.74 Å². The van der Waals surface area contributed by atoms with Gasteiger partial charge in [-0.1, -0.05) is 6.07 Å². The molecule has 1 unspecified atom stereocenters. The van der Waals surface area contributed by atoms with Crippen molar-refractivity contribution in [3.05, 3.63) is 46.4 Å². The molecule has 7 nitrogen and oxygen atoms in total. The zero-order chi connectivity index (χ0) is 20.0. The number of nitrogens with one attached hydrogen (secondary N) is 2. The first kappa shape index (κ1) is 18.1. The SMILES string of the molecule is Cc1c(OCC(=O)NC2CCCc3ncccc32)nc2n[nH]c(C3CC3)c2c1C. The van der Waals surface area contributed by atoms with Gasteiger partial charge in [-0.2, -0.15) is 10.1 Å². The number of aryl methyl sites for hydroxylation is 2. The third-order valence-electron chi connectivity index (χ3n) is 6.11. The molecule has 0 aromatic carbocycles. The fourth-order valence-electron chi connectivity index (χ4n) is 4.26. The summed E-state index contributed by atoms with van der Waals surface area (Å²) in [6, 6.07) is 3.96. The molecular formula is C22H25N5O2. The highest BCUT2D eigenvalue weighted by Gasteiger charge is 2.29. The van der Waals surface area contributed by atoms with E-state index in [0.717, 1.165) is 47.0 Å². The molecule has 2 aliphatic rings. The Morgan fingerprint density at radius 1 is 1.28 bits per heavy atom. The molecule has 5 rings (SSSR count). The number of carbonyl (C=O) groups excluding carboxylic acids is 1. The maximum absolute atomic E-state index is 12.5. The van der Waals surface area contributed by atoms with Crippen LogP contribution in [0.25, 0.3) is 11.0 Å². The summed E-state index contributed by atoms with van der Waals surface area (Å²) in [7, 11) is 0. The Hall–Kier alpha value is -2.96. The quantitative estimate of drug-likeness (QED) is 0.695. The minimum Gasteiger partial charge on any atom is -0.467 e. The number of nitrogens with zero attached hydrogens (tertiary/aromatic N) is 3. The van der Waals surface area contributed by atoms with Crippen molar-refractivity contribution in [1.29, 1.82) is 0 Å². The van der Waals surface area contributed by atoms with Gasteiger partial charge in [0.2, 0.25) is 5.88 Å². The van der Waals surface area contributed by atoms with Crippen LogP contribution in [0.1, 0.15) is 65.7 Å². The lowest BCUT2D eigenvalue weighted by Gasteiger charge is -2.25. The minimum absolute atomic E-state index is 0.00531. The van der Waals surface area contributed by atoms with Gasteiger partial charge < -0.3 is 10.1 Å². The smallest absolute Gasteiger partial charge is 0.258 e. The van der Waals surface area contributed by atoms with Crippen LogP contribution in [0.5, 0.6) is 5.88 Å². The van der Waals surface area contributed by atoms with Crippen LogP contribution in [0, 0.1) is 13.8 Å². The molecule has 1 fully saturated rings. The molecule has 0 bridgehead atoms. The Morgan fingerprint density at radius 2 is 2.14 bits per heavy atom. The normalized spacial score (nSPS) is 18.5. The lowest BCUT2D eigenvalue weighted by molar-refractivity contribution is -0.124. The van der Waals surface area contributed by atoms with Crippen molar-refractivity contribution in [2.24, 2.45) is 0 Å². The fraction of sp³-hybridized carbons (Fsp3) is 0.455. The number of aromatic nitrogens is 4. The van der Waals surface area contributed by atoms with Crippen molar-refractivity contribution in [2.75, 3.05) is 6.61 Å². The van der Waals surface area contributed by atoms with Crippen LogP contribution in [0.2, 0.25) is 0 Å². The summed E-state index contributed by atoms with van der Waals surface area (Å²) < 4.78 is 5.81. The van der Waals surface area contributed by atoms with Crippen molar-refractivity contribution >= 4 is 16.9 Å². The number of hydrogen-bond donors (Lipinski definition) is 2. The first-order chi connectivity index (χ1) is 14.1. The van der Waals surface area contributed by atoms with Crippen LogP contribution >= 0.6 is 0 Å². The van der Waals surface area contributed by atoms with Crippen molar-refractivity contribution in [3.63, 3.8) is 0 Å². The number of ether oxygens (including phenoxy) is 1. The number of fused-ring (bicyclic) bond motifs is 2. The Kier molecular flexibility index (Phi) is 4.45. The molecule has 0 spiro atoms. The summed E-state index contributed by atoms with van der Waals surface area (Å²) in [5.74, 6) is 0.904. The zero-order valence-corrected chi connectivity index (χ0v) is 16.8. The molecular weight excluding hydrogens is 366 g/mol. The molecule has 1 saturated carbocycles. The van der Waals surface area contributed by atoms with E-state index in [1.54, 1.807) is 0 Å². The molecule has 3 aromatic rings. The fourth-order valence-corrected chi connectivity index (χ4v) is 4.26. The van der Waals surface area contributed by atoms with E-state index in [9.17, 15) is 4.79 Å². The molecule has 29 heavy (non-hydrogen) atoms. The van der Waals surface area contributed by atoms with Gasteiger partial charge in [-0.15, -0.1) is 0 Å². The highest BCUT2D eigenvalue weighted by molar-refractivity contribution is 5.84. The summed E-state index contributed by atoms with van der Waals surface area (Å²) in [4.78, 5) is 21.6. The molecule has 0 aliphatic heterocycles. The first-order valence-electron chi connectivity index (χ1n) is 10.3. The summed E-state index contributed by atoms with van der Waals surface area (Å²) in [6.45, 7) is 3.99. The second-order valence-corrected chi connectivity index (χ2v) is 8.12. The number of H-pyrrole nitrogens is 1. The second kappa shape index (κ2) is 7.13. The maximum Gasteiger partial charge on any atom is 0.258 e. The number of aromatic amines is 1. The van der Waals surface area contributed by atoms with Crippen molar-refractivity contribution < 1.29 is 9.53 Å². The Morgan fingerprint density at radius 3 is 2.97 bits per heavy atom. The van der Waals surface area contributed by atoms with E-state index in [0.29, 0.717) is 17.4 Å². The molecule has 2 aliphatic carbocycles. The summed E-state index contributed by atoms with van der Waals surface area (Å²) in [5, 5.41) is 11.7. The van der Waals surface area contributed by atoms with E-state index < -0.39 is 0 Å². The number of pyridine rings is 2. The topological polar surface area (TPSA) is 92.8 Å². The van der Waals surface area contributed by atoms with Crippen LogP contribution in [0.4, 0.5) is 0 Å². The van der Waals surface area contributed by atoms with Crippen LogP contribution < -0.4 is 10.1 Å². The number of carbonyl (C=O) groups is 1. The molecule has 0 saturated heterocycles. The van der Waals surface area contributed by atoms with Crippen molar-refractivity contribution in [3.8, 4) is 5.88 Å². The van der Waals surface area contributed by atoms with Gasteiger partial charge >= 0.3 is 0 Å². The predicted molar refractivity (Wildman–Crippen MR) is 109 cm³/mol. The zero-order valence-electron chi connectivity index (χ0n) is 16.8. The molecule has 7 heteroatoms. The van der Waals surface area contributed by atoms with E-state index in [-0.39, 0.29) is 18.6 Å². The van der Waals surface area contributed by atoms with Gasteiger partial charge in [-0.25, -0.2) is 0 Å². The average molecular weight is 391 g/mol. The van der Waals surface area contributed by atoms with E-state index >= 15 is 0 Å². The summed E-state index contributed by atoms with van der Waals surface area (Å²) in [6.07, 6.45) is 7.12. The van der Waals surface area contributed by atoms with Gasteiger partial charge in [-0.05, 0) is 63.1 Å². The third kappa shape index (κ3) is 3.34. The van der Waals surface area contributed by atoms with Crippen LogP contribution in [-0.2, 0) is 11.2 Å². The molecule has 1 atom stereocenters. The van der Waals surface area contributed by atoms with E-state index in [2.05, 4.69) is 32.4 Å². The standard InChI is InChI=1S/C22H25N5O2/c1-12-13(2)22(25-21-19(12)20(26-27-21)14-8-9-14)29-11-18(28)24-17-7-3-6-16-15(17)5-4-10-23-16/h4-5,10,14,17H,3,6-9,11H2,1-2H3,(H,24,28)(H,25,26,27). The monoisotopic (exact) mass is 391 g/mol. The lowest BCUT2D eigenvalue weighted by Crippen LogP contribution is -2.34. The van der Waals surface area contributed by atoms with Crippen molar-refractivity contribution in [1.82, 2.24) is 25.5 Å². The van der Waals surface area contributed by atoms with Crippen LogP contribution in [0.15, 0.2) is 18.3 Å². The van der Waals surface area contributed by atoms with Gasteiger partial charge in [0, 0.05) is 34.5 Å². The molecule has 3 aromatic heterocycles. The summed E-state index contributed by atoms with van der Waals surface area (Å²) >= 11 is 0. The number of hydrogen-bond acceptors (Lipinski definition) is 5. The Labute approximate surface area is 169 Å². The number of amides is 1. The lowest BCUT2D eigenvalue weighted by atomic mass is 9.91. The molecule has 0 radical (unpaired) electrons. The first-order valence-corrected chi connectivity index (χ1v) is 10.3. The minimum atomic E-state index is -0.147. The number of rotatable bonds is 5. The Bertz CT molecular complexity index is 1090. The van der Waals surface area contributed by atoms with Crippen molar-refractivity contribution in [2.45, 2.75) is 57.9 Å². The van der Waals surface area contributed by atoms with E-state index in [1.807, 2.05) is 25.3 Å². The van der Waals surface area contributed by atoms with Gasteiger partial charge in [0.05, 0.1) is 6.04 Å². The van der Waals surface area contributed by atoms with Crippen LogP contribution in [0.3, 0.4) is 0 Å². The maximum atomic E-state index is 12.5. The highest BCUT2D eigenvalue weighted by atomic mass is 16.5. The second-order valence-electron chi connectivity index (χ2n) is 8.12. The Balaban J connectivity index is 1.30. The van der Waals surface area contributed by atoms with Gasteiger partial charge in [0.25, 0.3) is 5.91 Å². The molecule has 3 heterocycles. The average Bonchev–Trinajstić information content (AvgIpc) is 3.49. The highest BCUT2D eigenvalue weighted by Crippen LogP contribution is 2.43. The largest absolute Gasteiger partial charge is 0.467 e. The molecule has 2 N–H and O–H groups in total. The van der Waals surface area contributed by atoms with E-state index in [1.165, 1.54) is 18.5 Å². The van der Waals surface area contributed by atoms with Crippen LogP contribution in [-0.4, -0.2) is 32.7 Å².